The zero-order valence-corrected chi connectivity index (χ0v) is 15.0. The maximum absolute atomic E-state index is 12.4. The number of Topliss-reactive ketones (excluding diaryl/α,β-unsaturated/α-hetero) is 1. The minimum absolute atomic E-state index is 0.387. The van der Waals surface area contributed by atoms with Gasteiger partial charge in [0.25, 0.3) is 0 Å². The molecule has 0 radical (unpaired) electrons. The summed E-state index contributed by atoms with van der Waals surface area (Å²) in [5, 5.41) is 0. The highest BCUT2D eigenvalue weighted by atomic mass is 16.1. The monoisotopic (exact) mass is 320 g/mol. The predicted octanol–water partition coefficient (Wildman–Crippen LogP) is 5.31. The first kappa shape index (κ1) is 17.0. The van der Waals surface area contributed by atoms with Gasteiger partial charge in [-0.05, 0) is 53.0 Å². The molecule has 0 aliphatic heterocycles. The van der Waals surface area contributed by atoms with Gasteiger partial charge in [0.1, 0.15) is 5.78 Å². The van der Waals surface area contributed by atoms with Gasteiger partial charge in [0.05, 0.1) is 0 Å². The fraction of sp³-hybridized carbons (Fsp3) is 0.435. The Hall–Kier alpha value is -1.89. The molecule has 0 bridgehead atoms. The highest BCUT2D eigenvalue weighted by Gasteiger charge is 2.15. The topological polar surface area (TPSA) is 17.1 Å². The molecule has 0 spiro atoms. The number of ketones is 1. The lowest BCUT2D eigenvalue weighted by Gasteiger charge is -2.12. The summed E-state index contributed by atoms with van der Waals surface area (Å²) in [6.07, 6.45) is 6.75. The van der Waals surface area contributed by atoms with Gasteiger partial charge in [0, 0.05) is 12.8 Å². The average molecular weight is 320 g/mol. The van der Waals surface area contributed by atoms with Gasteiger partial charge in [-0.1, -0.05) is 69.2 Å². The molecule has 24 heavy (non-hydrogen) atoms. The molecule has 0 heterocycles. The Kier molecular flexibility index (Phi) is 5.50. The van der Waals surface area contributed by atoms with Crippen molar-refractivity contribution in [3.8, 4) is 0 Å². The lowest BCUT2D eigenvalue weighted by Crippen LogP contribution is -2.10. The Morgan fingerprint density at radius 1 is 0.917 bits per heavy atom. The standard InChI is InChI=1S/C23H28O/c1-3-17(4-2)14-23(24)15-18-9-10-20-12-11-19-7-5-6-8-21(19)16-22(20)13-18/h5-10,13,17H,3-4,11-12,14-16H2,1-2H3. The Balaban J connectivity index is 1.75. The number of carbonyl (C=O) groups excluding carboxylic acids is 1. The molecule has 0 saturated carbocycles. The lowest BCUT2D eigenvalue weighted by atomic mass is 9.92. The second kappa shape index (κ2) is 7.79. The fourth-order valence-corrected chi connectivity index (χ4v) is 3.85. The van der Waals surface area contributed by atoms with E-state index in [1.807, 2.05) is 0 Å². The molecule has 2 aromatic rings. The van der Waals surface area contributed by atoms with Crippen molar-refractivity contribution >= 4 is 5.78 Å². The van der Waals surface area contributed by atoms with Crippen LogP contribution in [0.5, 0.6) is 0 Å². The van der Waals surface area contributed by atoms with Gasteiger partial charge in [0.15, 0.2) is 0 Å². The molecule has 1 aliphatic rings. The van der Waals surface area contributed by atoms with Crippen molar-refractivity contribution in [1.29, 1.82) is 0 Å². The molecule has 0 amide bonds. The number of rotatable bonds is 6. The lowest BCUT2D eigenvalue weighted by molar-refractivity contribution is -0.119. The molecule has 2 aromatic carbocycles. The highest BCUT2D eigenvalue weighted by molar-refractivity contribution is 5.81. The number of aryl methyl sites for hydroxylation is 2. The Bertz CT molecular complexity index is 710. The van der Waals surface area contributed by atoms with Crippen LogP contribution in [-0.4, -0.2) is 5.78 Å². The molecular formula is C23H28O. The number of fused-ring (bicyclic) bond motifs is 2. The van der Waals surface area contributed by atoms with Crippen molar-refractivity contribution in [2.24, 2.45) is 5.92 Å². The highest BCUT2D eigenvalue weighted by Crippen LogP contribution is 2.25. The molecule has 1 aliphatic carbocycles. The van der Waals surface area contributed by atoms with E-state index in [1.165, 1.54) is 27.8 Å². The molecule has 1 nitrogen and oxygen atoms in total. The van der Waals surface area contributed by atoms with Crippen molar-refractivity contribution in [2.45, 2.75) is 58.8 Å². The molecule has 0 aromatic heterocycles. The van der Waals surface area contributed by atoms with Gasteiger partial charge in [-0.25, -0.2) is 0 Å². The molecule has 0 unspecified atom stereocenters. The summed E-state index contributed by atoms with van der Waals surface area (Å²) < 4.78 is 0. The second-order valence-corrected chi connectivity index (χ2v) is 7.15. The van der Waals surface area contributed by atoms with Crippen molar-refractivity contribution in [3.05, 3.63) is 70.3 Å². The Labute approximate surface area is 146 Å². The van der Waals surface area contributed by atoms with E-state index >= 15 is 0 Å². The van der Waals surface area contributed by atoms with E-state index in [9.17, 15) is 4.79 Å². The summed E-state index contributed by atoms with van der Waals surface area (Å²) in [7, 11) is 0. The summed E-state index contributed by atoms with van der Waals surface area (Å²) >= 11 is 0. The van der Waals surface area contributed by atoms with E-state index in [4.69, 9.17) is 0 Å². The van der Waals surface area contributed by atoms with Gasteiger partial charge in [-0.2, -0.15) is 0 Å². The Morgan fingerprint density at radius 3 is 2.29 bits per heavy atom. The first-order chi connectivity index (χ1) is 11.7. The molecule has 126 valence electrons. The number of carbonyl (C=O) groups is 1. The summed E-state index contributed by atoms with van der Waals surface area (Å²) in [6, 6.07) is 15.5. The van der Waals surface area contributed by atoms with Gasteiger partial charge < -0.3 is 0 Å². The van der Waals surface area contributed by atoms with Gasteiger partial charge >= 0.3 is 0 Å². The van der Waals surface area contributed by atoms with Crippen LogP contribution in [0.2, 0.25) is 0 Å². The SMILES string of the molecule is CCC(CC)CC(=O)Cc1ccc2c(c1)Cc1ccccc1CC2. The number of benzene rings is 2. The summed E-state index contributed by atoms with van der Waals surface area (Å²) in [4.78, 5) is 12.4. The minimum atomic E-state index is 0.387. The number of hydrogen-bond acceptors (Lipinski definition) is 1. The zero-order valence-electron chi connectivity index (χ0n) is 15.0. The third-order valence-electron chi connectivity index (χ3n) is 5.51. The minimum Gasteiger partial charge on any atom is -0.299 e. The molecule has 0 fully saturated rings. The van der Waals surface area contributed by atoms with Gasteiger partial charge in [-0.15, -0.1) is 0 Å². The molecule has 3 rings (SSSR count). The third-order valence-corrected chi connectivity index (χ3v) is 5.51. The maximum Gasteiger partial charge on any atom is 0.137 e. The van der Waals surface area contributed by atoms with E-state index in [1.54, 1.807) is 0 Å². The van der Waals surface area contributed by atoms with E-state index in [2.05, 4.69) is 56.3 Å². The van der Waals surface area contributed by atoms with Gasteiger partial charge in [-0.3, -0.25) is 4.79 Å². The molecule has 0 atom stereocenters. The summed E-state index contributed by atoms with van der Waals surface area (Å²) in [5.41, 5.74) is 6.95. The zero-order chi connectivity index (χ0) is 16.9. The van der Waals surface area contributed by atoms with Crippen LogP contribution in [0.25, 0.3) is 0 Å². The van der Waals surface area contributed by atoms with Crippen LogP contribution >= 0.6 is 0 Å². The van der Waals surface area contributed by atoms with Crippen molar-refractivity contribution in [3.63, 3.8) is 0 Å². The largest absolute Gasteiger partial charge is 0.299 e. The van der Waals surface area contributed by atoms with Crippen LogP contribution in [0, 0.1) is 5.92 Å². The first-order valence-electron chi connectivity index (χ1n) is 9.38. The predicted molar refractivity (Wildman–Crippen MR) is 100 cm³/mol. The van der Waals surface area contributed by atoms with E-state index < -0.39 is 0 Å². The first-order valence-corrected chi connectivity index (χ1v) is 9.38. The normalized spacial score (nSPS) is 13.3. The van der Waals surface area contributed by atoms with Crippen LogP contribution < -0.4 is 0 Å². The van der Waals surface area contributed by atoms with Crippen molar-refractivity contribution < 1.29 is 4.79 Å². The summed E-state index contributed by atoms with van der Waals surface area (Å²) in [5.74, 6) is 0.933. The average Bonchev–Trinajstić information content (AvgIpc) is 2.78. The van der Waals surface area contributed by atoms with Crippen LogP contribution in [0.4, 0.5) is 0 Å². The maximum atomic E-state index is 12.4. The Morgan fingerprint density at radius 2 is 1.58 bits per heavy atom. The van der Waals surface area contributed by atoms with Crippen molar-refractivity contribution in [2.75, 3.05) is 0 Å². The molecular weight excluding hydrogens is 292 g/mol. The fourth-order valence-electron chi connectivity index (χ4n) is 3.85. The van der Waals surface area contributed by atoms with Crippen LogP contribution in [0.3, 0.4) is 0 Å². The van der Waals surface area contributed by atoms with Gasteiger partial charge in [0.2, 0.25) is 0 Å². The van der Waals surface area contributed by atoms with Crippen LogP contribution in [0.1, 0.15) is 60.9 Å². The molecule has 0 saturated heterocycles. The smallest absolute Gasteiger partial charge is 0.137 e. The van der Waals surface area contributed by atoms with E-state index in [0.29, 0.717) is 18.1 Å². The van der Waals surface area contributed by atoms with Crippen LogP contribution in [0.15, 0.2) is 42.5 Å². The van der Waals surface area contributed by atoms with Crippen LogP contribution in [-0.2, 0) is 30.5 Å². The second-order valence-electron chi connectivity index (χ2n) is 7.15. The molecule has 0 N–H and O–H groups in total. The molecule has 1 heteroatoms. The van der Waals surface area contributed by atoms with E-state index in [0.717, 1.165) is 38.5 Å². The third kappa shape index (κ3) is 3.95. The van der Waals surface area contributed by atoms with E-state index in [-0.39, 0.29) is 0 Å². The number of hydrogen-bond donors (Lipinski definition) is 0. The quantitative estimate of drug-likeness (QED) is 0.704. The van der Waals surface area contributed by atoms with Crippen molar-refractivity contribution in [1.82, 2.24) is 0 Å². The summed E-state index contributed by atoms with van der Waals surface area (Å²) in [6.45, 7) is 4.36.